The Morgan fingerprint density at radius 1 is 0.569 bits per heavy atom. The molecule has 8 aromatic carbocycles. The van der Waals surface area contributed by atoms with Crippen molar-refractivity contribution >= 4 is 100.0 Å². The van der Waals surface area contributed by atoms with Crippen LogP contribution in [0.5, 0.6) is 11.5 Å². The van der Waals surface area contributed by atoms with Crippen molar-refractivity contribution < 1.29 is 4.74 Å². The van der Waals surface area contributed by atoms with Gasteiger partial charge in [0.1, 0.15) is 0 Å². The lowest BCUT2D eigenvalue weighted by Gasteiger charge is -2.41. The Kier molecular flexibility index (Phi) is 11.0. The van der Waals surface area contributed by atoms with E-state index in [1.165, 1.54) is 143 Å². The summed E-state index contributed by atoms with van der Waals surface area (Å²) in [6.07, 6.45) is 12.0. The molecule has 358 valence electrons. The topological polar surface area (TPSA) is 29.4 Å². The SMILES string of the molecule is CCCCCc1ccc(Nc2cc3c(cc2-c2cc(N4c5ccccc5Oc5ccccc54)c4c5ccccc5n5c4c2Bc2cc(CCCCC)ccc2-5)sc2cc4c(cc23)C(C)(C)CCC4(C)C)cc1. The van der Waals surface area contributed by atoms with E-state index < -0.39 is 0 Å². The summed E-state index contributed by atoms with van der Waals surface area (Å²) in [5.74, 6) is 1.71. The minimum Gasteiger partial charge on any atom is -0.453 e. The van der Waals surface area contributed by atoms with Crippen molar-refractivity contribution in [2.24, 2.45) is 0 Å². The van der Waals surface area contributed by atoms with Crippen LogP contribution in [0.3, 0.4) is 0 Å². The van der Waals surface area contributed by atoms with Gasteiger partial charge in [0.2, 0.25) is 0 Å². The zero-order chi connectivity index (χ0) is 48.9. The van der Waals surface area contributed by atoms with Crippen molar-refractivity contribution in [3.05, 3.63) is 168 Å². The van der Waals surface area contributed by atoms with Crippen LogP contribution in [0.1, 0.15) is 115 Å². The number of hydrogen-bond donors (Lipinski definition) is 1. The second kappa shape index (κ2) is 17.5. The summed E-state index contributed by atoms with van der Waals surface area (Å²) in [6.45, 7) is 14.4. The number of ether oxygens (including phenoxy) is 1. The first-order valence-electron chi connectivity index (χ1n) is 26.9. The number of hydrogen-bond acceptors (Lipinski definition) is 4. The number of aromatic nitrogens is 1. The van der Waals surface area contributed by atoms with Crippen molar-refractivity contribution in [1.82, 2.24) is 4.57 Å². The van der Waals surface area contributed by atoms with Gasteiger partial charge in [-0.2, -0.15) is 0 Å². The number of benzene rings is 8. The zero-order valence-electron chi connectivity index (χ0n) is 42.8. The van der Waals surface area contributed by atoms with Gasteiger partial charge >= 0.3 is 0 Å². The van der Waals surface area contributed by atoms with Crippen molar-refractivity contribution in [2.45, 2.75) is 117 Å². The molecule has 0 amide bonds. The van der Waals surface area contributed by atoms with Crippen molar-refractivity contribution in [3.8, 4) is 28.3 Å². The average Bonchev–Trinajstić information content (AvgIpc) is 3.93. The normalized spacial score (nSPS) is 15.0. The minimum atomic E-state index is 0.114. The minimum absolute atomic E-state index is 0.114. The fourth-order valence-electron chi connectivity index (χ4n) is 12.6. The van der Waals surface area contributed by atoms with Crippen LogP contribution in [-0.4, -0.2) is 11.8 Å². The van der Waals surface area contributed by atoms with Crippen molar-refractivity contribution in [2.75, 3.05) is 10.2 Å². The van der Waals surface area contributed by atoms with Crippen LogP contribution in [0.2, 0.25) is 0 Å². The monoisotopic (exact) mass is 957 g/mol. The van der Waals surface area contributed by atoms with E-state index in [9.17, 15) is 0 Å². The van der Waals surface area contributed by atoms with Crippen LogP contribution in [0.25, 0.3) is 58.8 Å². The Hall–Kier alpha value is -6.76. The molecule has 0 unspecified atom stereocenters. The van der Waals surface area contributed by atoms with Gasteiger partial charge in [0, 0.05) is 53.6 Å². The van der Waals surface area contributed by atoms with Crippen LogP contribution in [0.15, 0.2) is 146 Å². The molecule has 0 fully saturated rings. The molecule has 0 spiro atoms. The van der Waals surface area contributed by atoms with E-state index >= 15 is 0 Å². The highest BCUT2D eigenvalue weighted by atomic mass is 32.1. The first-order valence-corrected chi connectivity index (χ1v) is 27.7. The van der Waals surface area contributed by atoms with E-state index in [4.69, 9.17) is 4.74 Å². The largest absolute Gasteiger partial charge is 0.453 e. The number of unbranched alkanes of at least 4 members (excludes halogenated alkanes) is 4. The quantitative estimate of drug-likeness (QED) is 0.0977. The third-order valence-electron chi connectivity index (χ3n) is 16.7. The Balaban J connectivity index is 1.12. The predicted molar refractivity (Wildman–Crippen MR) is 312 cm³/mol. The Labute approximate surface area is 429 Å². The summed E-state index contributed by atoms with van der Waals surface area (Å²) in [7, 11) is 0.836. The first kappa shape index (κ1) is 45.1. The zero-order valence-corrected chi connectivity index (χ0v) is 43.7. The maximum atomic E-state index is 6.70. The summed E-state index contributed by atoms with van der Waals surface area (Å²) in [4.78, 5) is 2.48. The van der Waals surface area contributed by atoms with Crippen molar-refractivity contribution in [3.63, 3.8) is 0 Å². The standard InChI is InChI=1S/C66H64BN3OS/c1-7-9-11-19-41-27-30-43(31-28-41)68-52-37-47-46-36-49-50(66(5,6)34-33-65(49,3)4)40-61(46)72-60(47)39-45(52)48-38-57(69-55-23-15-17-25-58(55)71-59-26-18-16-24-56(59)69)62-44-21-13-14-22-53(44)70-54-32-29-42(20-12-10-8-2)35-51(54)67-63(48)64(62)70/h13-18,21-32,35-40,67-68H,7-12,19-20,33-34H2,1-6H3. The van der Waals surface area contributed by atoms with E-state index in [-0.39, 0.29) is 10.8 Å². The maximum absolute atomic E-state index is 6.70. The van der Waals surface area contributed by atoms with Gasteiger partial charge in [-0.1, -0.05) is 139 Å². The van der Waals surface area contributed by atoms with E-state index in [1.807, 2.05) is 11.3 Å². The second-order valence-electron chi connectivity index (χ2n) is 22.4. The van der Waals surface area contributed by atoms with Gasteiger partial charge < -0.3 is 19.5 Å². The number of nitrogens with one attached hydrogen (secondary N) is 1. The fourth-order valence-corrected chi connectivity index (χ4v) is 13.8. The van der Waals surface area contributed by atoms with Crippen LogP contribution >= 0.6 is 11.3 Å². The molecule has 2 aromatic heterocycles. The number of nitrogens with zero attached hydrogens (tertiary/aromatic N) is 2. The molecule has 13 rings (SSSR count). The molecule has 0 bridgehead atoms. The summed E-state index contributed by atoms with van der Waals surface area (Å²) in [5, 5.41) is 9.32. The van der Waals surface area contributed by atoms with Crippen LogP contribution < -0.4 is 25.9 Å². The van der Waals surface area contributed by atoms with Crippen LogP contribution in [-0.2, 0) is 23.7 Å². The van der Waals surface area contributed by atoms with Crippen molar-refractivity contribution in [1.29, 1.82) is 0 Å². The third kappa shape index (κ3) is 7.38. The molecule has 0 saturated heterocycles. The van der Waals surface area contributed by atoms with Gasteiger partial charge in [-0.05, 0) is 161 Å². The van der Waals surface area contributed by atoms with Gasteiger partial charge in [0.15, 0.2) is 18.8 Å². The second-order valence-corrected chi connectivity index (χ2v) is 23.5. The number of para-hydroxylation sites is 5. The van der Waals surface area contributed by atoms with Crippen LogP contribution in [0, 0.1) is 0 Å². The molecule has 2 aliphatic heterocycles. The van der Waals surface area contributed by atoms with Crippen LogP contribution in [0.4, 0.5) is 28.4 Å². The lowest BCUT2D eigenvalue weighted by atomic mass is 9.58. The number of aryl methyl sites for hydroxylation is 2. The average molecular weight is 958 g/mol. The fraction of sp³-hybridized carbons (Fsp3) is 0.273. The van der Waals surface area contributed by atoms with E-state index in [1.54, 1.807) is 0 Å². The first-order chi connectivity index (χ1) is 35.1. The summed E-state index contributed by atoms with van der Waals surface area (Å²) in [6, 6.07) is 55.6. The molecule has 6 heteroatoms. The number of anilines is 5. The highest BCUT2D eigenvalue weighted by Crippen LogP contribution is 2.55. The molecule has 10 aromatic rings. The van der Waals surface area contributed by atoms with Gasteiger partial charge in [0.05, 0.1) is 28.1 Å². The third-order valence-corrected chi connectivity index (χ3v) is 17.8. The van der Waals surface area contributed by atoms with Gasteiger partial charge in [0.25, 0.3) is 0 Å². The summed E-state index contributed by atoms with van der Waals surface area (Å²) >= 11 is 1.96. The van der Waals surface area contributed by atoms with E-state index in [0.29, 0.717) is 0 Å². The Morgan fingerprint density at radius 3 is 1.92 bits per heavy atom. The molecule has 0 atom stereocenters. The Bertz CT molecular complexity index is 3740. The number of thiophene rings is 1. The van der Waals surface area contributed by atoms with Gasteiger partial charge in [-0.3, -0.25) is 0 Å². The molecule has 1 aliphatic carbocycles. The molecule has 0 radical (unpaired) electrons. The van der Waals surface area contributed by atoms with Gasteiger partial charge in [-0.25, -0.2) is 0 Å². The molecular weight excluding hydrogens is 894 g/mol. The number of fused-ring (bicyclic) bond motifs is 11. The molecule has 1 N–H and O–H groups in total. The molecule has 4 nitrogen and oxygen atoms in total. The predicted octanol–water partition coefficient (Wildman–Crippen LogP) is 17.7. The van der Waals surface area contributed by atoms with E-state index in [2.05, 4.69) is 202 Å². The highest BCUT2D eigenvalue weighted by molar-refractivity contribution is 7.25. The maximum Gasteiger partial charge on any atom is 0.198 e. The highest BCUT2D eigenvalue weighted by Gasteiger charge is 2.38. The smallest absolute Gasteiger partial charge is 0.198 e. The molecular formula is C66H64BN3OS. The summed E-state index contributed by atoms with van der Waals surface area (Å²) in [5.41, 5.74) is 20.6. The summed E-state index contributed by atoms with van der Waals surface area (Å²) < 4.78 is 12.0. The van der Waals surface area contributed by atoms with Gasteiger partial charge in [-0.15, -0.1) is 11.3 Å². The van der Waals surface area contributed by atoms with E-state index in [0.717, 1.165) is 60.1 Å². The number of rotatable bonds is 12. The molecule has 3 aliphatic rings. The Morgan fingerprint density at radius 2 is 1.19 bits per heavy atom. The lowest BCUT2D eigenvalue weighted by molar-refractivity contribution is 0.332. The molecule has 0 saturated carbocycles. The molecule has 72 heavy (non-hydrogen) atoms. The molecule has 4 heterocycles. The lowest BCUT2D eigenvalue weighted by Crippen LogP contribution is -2.38.